The summed E-state index contributed by atoms with van der Waals surface area (Å²) < 4.78 is 38.4. The maximum Gasteiger partial charge on any atom is 0.253 e. The van der Waals surface area contributed by atoms with Gasteiger partial charge in [0.25, 0.3) is 5.91 Å². The first-order chi connectivity index (χ1) is 14.6. The number of amides is 1. The van der Waals surface area contributed by atoms with E-state index >= 15 is 0 Å². The lowest BCUT2D eigenvalue weighted by Crippen LogP contribution is -2.29. The first-order valence-electron chi connectivity index (χ1n) is 9.62. The summed E-state index contributed by atoms with van der Waals surface area (Å²) in [7, 11) is -0.772. The maximum absolute atomic E-state index is 13.0. The van der Waals surface area contributed by atoms with Crippen LogP contribution >= 0.6 is 23.2 Å². The van der Waals surface area contributed by atoms with Crippen LogP contribution in [0.25, 0.3) is 0 Å². The summed E-state index contributed by atoms with van der Waals surface area (Å²) >= 11 is 12.3. The molecule has 1 saturated carbocycles. The third-order valence-electron chi connectivity index (χ3n) is 5.04. The number of benzene rings is 2. The number of hydrogen-bond donors (Lipinski definition) is 2. The average Bonchev–Trinajstić information content (AvgIpc) is 3.50. The zero-order valence-electron chi connectivity index (χ0n) is 17.6. The van der Waals surface area contributed by atoms with Gasteiger partial charge in [-0.2, -0.15) is 0 Å². The molecule has 0 aliphatic heterocycles. The highest BCUT2D eigenvalue weighted by Crippen LogP contribution is 2.34. The molecule has 1 atom stereocenters. The molecule has 0 heterocycles. The topological polar surface area (TPSA) is 93.7 Å². The Kier molecular flexibility index (Phi) is 7.05. The smallest absolute Gasteiger partial charge is 0.253 e. The number of rotatable bonds is 8. The SMILES string of the molecule is COc1cc(C)c(C(C)NC(=O)c2cc(S(=O)(=O)NC3CC3)c(Cl)cc2Cl)cc1OC. The molecule has 2 aromatic carbocycles. The van der Waals surface area contributed by atoms with E-state index in [0.29, 0.717) is 11.5 Å². The van der Waals surface area contributed by atoms with Crippen LogP contribution in [0, 0.1) is 6.92 Å². The molecule has 10 heteroatoms. The second kappa shape index (κ2) is 9.24. The highest BCUT2D eigenvalue weighted by atomic mass is 35.5. The van der Waals surface area contributed by atoms with E-state index in [2.05, 4.69) is 10.0 Å². The lowest BCUT2D eigenvalue weighted by molar-refractivity contribution is 0.0939. The summed E-state index contributed by atoms with van der Waals surface area (Å²) in [6.45, 7) is 3.70. The third-order valence-corrected chi connectivity index (χ3v) is 7.34. The summed E-state index contributed by atoms with van der Waals surface area (Å²) in [5, 5.41) is 2.87. The molecule has 0 spiro atoms. The minimum atomic E-state index is -3.86. The van der Waals surface area contributed by atoms with Gasteiger partial charge in [0, 0.05) is 6.04 Å². The van der Waals surface area contributed by atoms with E-state index in [0.717, 1.165) is 24.0 Å². The number of carbonyl (C=O) groups is 1. The van der Waals surface area contributed by atoms with Gasteiger partial charge in [-0.15, -0.1) is 0 Å². The molecule has 1 fully saturated rings. The van der Waals surface area contributed by atoms with Gasteiger partial charge in [-0.3, -0.25) is 4.79 Å². The minimum absolute atomic E-state index is 0.0206. The highest BCUT2D eigenvalue weighted by Gasteiger charge is 2.30. The molecule has 168 valence electrons. The number of ether oxygens (including phenoxy) is 2. The molecule has 2 N–H and O–H groups in total. The molecule has 2 aromatic rings. The number of carbonyl (C=O) groups excluding carboxylic acids is 1. The Bertz CT molecular complexity index is 1120. The molecule has 1 aliphatic rings. The predicted molar refractivity (Wildman–Crippen MR) is 120 cm³/mol. The zero-order chi connectivity index (χ0) is 22.9. The standard InChI is InChI=1S/C21H24Cl2N2O5S/c1-11-7-18(29-3)19(30-4)8-14(11)12(2)24-21(26)15-9-20(17(23)10-16(15)22)31(27,28)25-13-5-6-13/h7-10,12-13,25H,5-6H2,1-4H3,(H,24,26). The molecule has 0 bridgehead atoms. The van der Waals surface area contributed by atoms with Gasteiger partial charge in [-0.25, -0.2) is 13.1 Å². The summed E-state index contributed by atoms with van der Waals surface area (Å²) in [4.78, 5) is 12.8. The van der Waals surface area contributed by atoms with E-state index in [1.54, 1.807) is 13.2 Å². The number of sulfonamides is 1. The van der Waals surface area contributed by atoms with Crippen LogP contribution in [-0.4, -0.2) is 34.6 Å². The molecule has 3 rings (SSSR count). The van der Waals surface area contributed by atoms with Crippen molar-refractivity contribution in [3.8, 4) is 11.5 Å². The molecular weight excluding hydrogens is 463 g/mol. The fourth-order valence-corrected chi connectivity index (χ4v) is 5.37. The summed E-state index contributed by atoms with van der Waals surface area (Å²) in [6, 6.07) is 5.58. The van der Waals surface area contributed by atoms with Gasteiger partial charge in [0.05, 0.1) is 35.9 Å². The van der Waals surface area contributed by atoms with E-state index in [9.17, 15) is 13.2 Å². The first kappa shape index (κ1) is 23.7. The van der Waals surface area contributed by atoms with Crippen LogP contribution in [0.5, 0.6) is 11.5 Å². The van der Waals surface area contributed by atoms with Crippen LogP contribution in [0.1, 0.15) is 47.3 Å². The molecule has 1 unspecified atom stereocenters. The van der Waals surface area contributed by atoms with E-state index in [1.165, 1.54) is 19.2 Å². The second-order valence-corrected chi connectivity index (χ2v) is 9.91. The number of hydrogen-bond acceptors (Lipinski definition) is 5. The molecule has 7 nitrogen and oxygen atoms in total. The predicted octanol–water partition coefficient (Wildman–Crippen LogP) is 4.25. The van der Waals surface area contributed by atoms with Gasteiger partial charge in [0.1, 0.15) is 4.90 Å². The normalized spacial score (nSPS) is 14.8. The van der Waals surface area contributed by atoms with Gasteiger partial charge in [-0.1, -0.05) is 23.2 Å². The van der Waals surface area contributed by atoms with E-state index in [1.807, 2.05) is 19.9 Å². The molecule has 1 amide bonds. The summed E-state index contributed by atoms with van der Waals surface area (Å²) in [5.41, 5.74) is 1.73. The van der Waals surface area contributed by atoms with E-state index in [-0.39, 0.29) is 26.5 Å². The Labute approximate surface area is 192 Å². The van der Waals surface area contributed by atoms with Crippen LogP contribution in [0.2, 0.25) is 10.0 Å². The van der Waals surface area contributed by atoms with Gasteiger partial charge in [-0.05, 0) is 62.1 Å². The Morgan fingerprint density at radius 2 is 1.68 bits per heavy atom. The number of halogens is 2. The fourth-order valence-electron chi connectivity index (χ4n) is 3.21. The van der Waals surface area contributed by atoms with Crippen LogP contribution in [0.4, 0.5) is 0 Å². The molecular formula is C21H24Cl2N2O5S. The Balaban J connectivity index is 1.89. The first-order valence-corrected chi connectivity index (χ1v) is 11.9. The van der Waals surface area contributed by atoms with Gasteiger partial charge in [0.2, 0.25) is 10.0 Å². The second-order valence-electron chi connectivity index (χ2n) is 7.42. The molecule has 0 aromatic heterocycles. The van der Waals surface area contributed by atoms with Crippen molar-refractivity contribution >= 4 is 39.1 Å². The van der Waals surface area contributed by atoms with Crippen molar-refractivity contribution in [1.29, 1.82) is 0 Å². The maximum atomic E-state index is 13.0. The molecule has 0 radical (unpaired) electrons. The average molecular weight is 487 g/mol. The number of aryl methyl sites for hydroxylation is 1. The van der Waals surface area contributed by atoms with Crippen molar-refractivity contribution in [2.24, 2.45) is 0 Å². The van der Waals surface area contributed by atoms with Crippen LogP contribution < -0.4 is 19.5 Å². The van der Waals surface area contributed by atoms with Crippen molar-refractivity contribution in [3.63, 3.8) is 0 Å². The van der Waals surface area contributed by atoms with E-state index in [4.69, 9.17) is 32.7 Å². The lowest BCUT2D eigenvalue weighted by Gasteiger charge is -2.20. The van der Waals surface area contributed by atoms with Gasteiger partial charge < -0.3 is 14.8 Å². The van der Waals surface area contributed by atoms with Gasteiger partial charge in [0.15, 0.2) is 11.5 Å². The largest absolute Gasteiger partial charge is 0.493 e. The zero-order valence-corrected chi connectivity index (χ0v) is 19.9. The van der Waals surface area contributed by atoms with Crippen molar-refractivity contribution in [2.45, 2.75) is 43.7 Å². The summed E-state index contributed by atoms with van der Waals surface area (Å²) in [5.74, 6) is 0.598. The van der Waals surface area contributed by atoms with Crippen molar-refractivity contribution in [3.05, 3.63) is 51.0 Å². The Hall–Kier alpha value is -2.00. The lowest BCUT2D eigenvalue weighted by atomic mass is 10.0. The van der Waals surface area contributed by atoms with Crippen LogP contribution in [-0.2, 0) is 10.0 Å². The third kappa shape index (κ3) is 5.26. The van der Waals surface area contributed by atoms with Crippen LogP contribution in [0.15, 0.2) is 29.2 Å². The van der Waals surface area contributed by atoms with Crippen LogP contribution in [0.3, 0.4) is 0 Å². The Morgan fingerprint density at radius 1 is 1.06 bits per heavy atom. The van der Waals surface area contributed by atoms with Gasteiger partial charge >= 0.3 is 0 Å². The molecule has 1 aliphatic carbocycles. The van der Waals surface area contributed by atoms with Crippen molar-refractivity contribution < 1.29 is 22.7 Å². The van der Waals surface area contributed by atoms with E-state index < -0.39 is 22.0 Å². The highest BCUT2D eigenvalue weighted by molar-refractivity contribution is 7.89. The number of nitrogens with one attached hydrogen (secondary N) is 2. The quantitative estimate of drug-likeness (QED) is 0.581. The fraction of sp³-hybridized carbons (Fsp3) is 0.381. The summed E-state index contributed by atoms with van der Waals surface area (Å²) in [6.07, 6.45) is 1.56. The number of methoxy groups -OCH3 is 2. The van der Waals surface area contributed by atoms with Crippen molar-refractivity contribution in [2.75, 3.05) is 14.2 Å². The minimum Gasteiger partial charge on any atom is -0.493 e. The molecule has 31 heavy (non-hydrogen) atoms. The Morgan fingerprint density at radius 3 is 2.26 bits per heavy atom. The van der Waals surface area contributed by atoms with Crippen molar-refractivity contribution in [1.82, 2.24) is 10.0 Å². The monoisotopic (exact) mass is 486 g/mol. The molecule has 0 saturated heterocycles.